The molecule has 0 spiro atoms. The quantitative estimate of drug-likeness (QED) is 0.689. The van der Waals surface area contributed by atoms with Gasteiger partial charge in [-0.2, -0.15) is 5.26 Å². The number of benzene rings is 1. The first-order valence-corrected chi connectivity index (χ1v) is 5.32. The summed E-state index contributed by atoms with van der Waals surface area (Å²) in [7, 11) is 0. The van der Waals surface area contributed by atoms with Crippen LogP contribution in [-0.4, -0.2) is 19.6 Å². The Morgan fingerprint density at radius 3 is 3.06 bits per heavy atom. The maximum absolute atomic E-state index is 8.79. The van der Waals surface area contributed by atoms with Crippen LogP contribution in [0.3, 0.4) is 0 Å². The lowest BCUT2D eigenvalue weighted by atomic mass is 10.2. The van der Waals surface area contributed by atoms with Gasteiger partial charge in [-0.1, -0.05) is 4.49 Å². The Bertz CT molecular complexity index is 677. The zero-order chi connectivity index (χ0) is 11.0. The van der Waals surface area contributed by atoms with E-state index in [2.05, 4.69) is 25.6 Å². The van der Waals surface area contributed by atoms with Gasteiger partial charge in [0.2, 0.25) is 0 Å². The van der Waals surface area contributed by atoms with Crippen LogP contribution >= 0.6 is 11.5 Å². The van der Waals surface area contributed by atoms with Gasteiger partial charge in [0.25, 0.3) is 0 Å². The summed E-state index contributed by atoms with van der Waals surface area (Å²) in [5.74, 6) is 0.736. The summed E-state index contributed by atoms with van der Waals surface area (Å²) in [6, 6.07) is 7.44. The predicted molar refractivity (Wildman–Crippen MR) is 59.7 cm³/mol. The summed E-state index contributed by atoms with van der Waals surface area (Å²) < 4.78 is 3.78. The lowest BCUT2D eigenvalue weighted by Crippen LogP contribution is -1.73. The summed E-state index contributed by atoms with van der Waals surface area (Å²) in [6.45, 7) is 0. The minimum Gasteiger partial charge on any atom is -0.337 e. The van der Waals surface area contributed by atoms with Gasteiger partial charge in [0.1, 0.15) is 4.88 Å². The molecule has 3 aromatic rings. The number of rotatable bonds is 1. The first-order chi connectivity index (χ1) is 7.86. The highest BCUT2D eigenvalue weighted by molar-refractivity contribution is 7.09. The Kier molecular flexibility index (Phi) is 1.91. The number of fused-ring (bicyclic) bond motifs is 1. The normalized spacial score (nSPS) is 10.4. The summed E-state index contributed by atoms with van der Waals surface area (Å²) >= 11 is 1.28. The summed E-state index contributed by atoms with van der Waals surface area (Å²) in [4.78, 5) is 8.42. The number of hydrogen-bond acceptors (Lipinski definition) is 5. The van der Waals surface area contributed by atoms with Crippen LogP contribution in [0.1, 0.15) is 5.56 Å². The molecule has 0 atom stereocenters. The molecule has 0 aliphatic carbocycles. The SMILES string of the molecule is N#Cc1ccc2nc(-c3cnns3)[nH]c2c1. The van der Waals surface area contributed by atoms with Gasteiger partial charge in [0.05, 0.1) is 28.9 Å². The molecule has 1 aromatic carbocycles. The molecule has 0 amide bonds. The van der Waals surface area contributed by atoms with Crippen molar-refractivity contribution in [2.45, 2.75) is 0 Å². The van der Waals surface area contributed by atoms with Crippen LogP contribution in [0, 0.1) is 11.3 Å². The monoisotopic (exact) mass is 227 g/mol. The third-order valence-electron chi connectivity index (χ3n) is 2.21. The molecule has 0 bridgehead atoms. The van der Waals surface area contributed by atoms with Crippen LogP contribution in [0.2, 0.25) is 0 Å². The minimum absolute atomic E-state index is 0.616. The molecule has 2 aromatic heterocycles. The van der Waals surface area contributed by atoms with Gasteiger partial charge in [-0.15, -0.1) is 5.10 Å². The van der Waals surface area contributed by atoms with E-state index in [1.165, 1.54) is 11.5 Å². The standard InChI is InChI=1S/C10H5N5S/c11-4-6-1-2-7-8(3-6)14-10(13-7)9-5-12-15-16-9/h1-3,5H,(H,13,14). The third kappa shape index (κ3) is 1.34. The number of nitriles is 1. The smallest absolute Gasteiger partial charge is 0.151 e. The Labute approximate surface area is 94.5 Å². The topological polar surface area (TPSA) is 78.2 Å². The molecule has 2 heterocycles. The van der Waals surface area contributed by atoms with Gasteiger partial charge in [0, 0.05) is 0 Å². The van der Waals surface area contributed by atoms with Crippen molar-refractivity contribution in [3.05, 3.63) is 30.0 Å². The van der Waals surface area contributed by atoms with Crippen LogP contribution in [0.25, 0.3) is 21.7 Å². The Balaban J connectivity index is 2.20. The summed E-state index contributed by atoms with van der Waals surface area (Å²) in [6.07, 6.45) is 1.66. The average molecular weight is 227 g/mol. The average Bonchev–Trinajstić information content (AvgIpc) is 2.96. The number of nitrogens with zero attached hydrogens (tertiary/aromatic N) is 4. The molecule has 0 fully saturated rings. The maximum atomic E-state index is 8.79. The number of imidazole rings is 1. The highest BCUT2D eigenvalue weighted by atomic mass is 32.1. The van der Waals surface area contributed by atoms with Crippen LogP contribution < -0.4 is 0 Å². The van der Waals surface area contributed by atoms with Crippen LogP contribution in [0.4, 0.5) is 0 Å². The van der Waals surface area contributed by atoms with E-state index in [9.17, 15) is 0 Å². The lowest BCUT2D eigenvalue weighted by molar-refractivity contribution is 1.15. The van der Waals surface area contributed by atoms with Crippen molar-refractivity contribution >= 4 is 22.6 Å². The van der Waals surface area contributed by atoms with E-state index < -0.39 is 0 Å². The molecule has 1 N–H and O–H groups in total. The van der Waals surface area contributed by atoms with Crippen LogP contribution in [0.5, 0.6) is 0 Å². The molecular formula is C10H5N5S. The van der Waals surface area contributed by atoms with Crippen LogP contribution in [-0.2, 0) is 0 Å². The highest BCUT2D eigenvalue weighted by Crippen LogP contribution is 2.22. The van der Waals surface area contributed by atoms with Gasteiger partial charge in [-0.05, 0) is 29.7 Å². The summed E-state index contributed by atoms with van der Waals surface area (Å²) in [5, 5.41) is 12.5. The number of aromatic amines is 1. The van der Waals surface area contributed by atoms with E-state index in [1.54, 1.807) is 18.3 Å². The molecule has 0 saturated carbocycles. The number of hydrogen-bond donors (Lipinski definition) is 1. The van der Waals surface area contributed by atoms with E-state index in [0.29, 0.717) is 5.56 Å². The van der Waals surface area contributed by atoms with E-state index in [-0.39, 0.29) is 0 Å². The Hall–Kier alpha value is -2.26. The molecule has 0 aliphatic rings. The van der Waals surface area contributed by atoms with Gasteiger partial charge in [-0.3, -0.25) is 0 Å². The molecule has 16 heavy (non-hydrogen) atoms. The lowest BCUT2D eigenvalue weighted by Gasteiger charge is -1.87. The van der Waals surface area contributed by atoms with E-state index in [4.69, 9.17) is 5.26 Å². The fourth-order valence-corrected chi connectivity index (χ4v) is 1.93. The van der Waals surface area contributed by atoms with Crippen LogP contribution in [0.15, 0.2) is 24.4 Å². The first kappa shape index (κ1) is 9.00. The van der Waals surface area contributed by atoms with E-state index in [1.807, 2.05) is 6.07 Å². The first-order valence-electron chi connectivity index (χ1n) is 4.54. The number of H-pyrrole nitrogens is 1. The molecule has 3 rings (SSSR count). The molecule has 0 radical (unpaired) electrons. The second-order valence-corrected chi connectivity index (χ2v) is 4.00. The predicted octanol–water partition coefficient (Wildman–Crippen LogP) is 1.95. The fraction of sp³-hybridized carbons (Fsp3) is 0. The molecule has 0 unspecified atom stereocenters. The van der Waals surface area contributed by atoms with Crippen molar-refractivity contribution in [2.24, 2.45) is 0 Å². The third-order valence-corrected chi connectivity index (χ3v) is 2.88. The molecule has 76 valence electrons. The van der Waals surface area contributed by atoms with Crippen molar-refractivity contribution in [2.75, 3.05) is 0 Å². The Morgan fingerprint density at radius 1 is 1.38 bits per heavy atom. The van der Waals surface area contributed by atoms with Crippen molar-refractivity contribution in [3.63, 3.8) is 0 Å². The molecule has 5 nitrogen and oxygen atoms in total. The van der Waals surface area contributed by atoms with Gasteiger partial charge < -0.3 is 4.98 Å². The van der Waals surface area contributed by atoms with E-state index >= 15 is 0 Å². The number of nitrogens with one attached hydrogen (secondary N) is 1. The highest BCUT2D eigenvalue weighted by Gasteiger charge is 2.07. The van der Waals surface area contributed by atoms with E-state index in [0.717, 1.165) is 21.7 Å². The van der Waals surface area contributed by atoms with Gasteiger partial charge in [0.15, 0.2) is 5.82 Å². The second-order valence-electron chi connectivity index (χ2n) is 3.21. The second kappa shape index (κ2) is 3.40. The Morgan fingerprint density at radius 2 is 2.31 bits per heavy atom. The summed E-state index contributed by atoms with van der Waals surface area (Å²) in [5.41, 5.74) is 2.30. The number of aromatic nitrogens is 4. The van der Waals surface area contributed by atoms with Crippen molar-refractivity contribution in [1.82, 2.24) is 19.6 Å². The molecule has 0 aliphatic heterocycles. The van der Waals surface area contributed by atoms with Crippen molar-refractivity contribution in [1.29, 1.82) is 5.26 Å². The van der Waals surface area contributed by atoms with Gasteiger partial charge in [-0.25, -0.2) is 4.98 Å². The largest absolute Gasteiger partial charge is 0.337 e. The minimum atomic E-state index is 0.616. The zero-order valence-electron chi connectivity index (χ0n) is 8.01. The van der Waals surface area contributed by atoms with Gasteiger partial charge >= 0.3 is 0 Å². The van der Waals surface area contributed by atoms with Crippen molar-refractivity contribution in [3.8, 4) is 16.8 Å². The fourth-order valence-electron chi connectivity index (χ4n) is 1.47. The van der Waals surface area contributed by atoms with Crippen molar-refractivity contribution < 1.29 is 0 Å². The zero-order valence-corrected chi connectivity index (χ0v) is 8.82. The molecule has 0 saturated heterocycles. The molecule has 6 heteroatoms. The molecular weight excluding hydrogens is 222 g/mol. The maximum Gasteiger partial charge on any atom is 0.151 e.